The molecule has 1 aromatic carbocycles. The summed E-state index contributed by atoms with van der Waals surface area (Å²) in [6.45, 7) is 9.73. The Labute approximate surface area is 129 Å². The van der Waals surface area contributed by atoms with Crippen molar-refractivity contribution in [2.75, 3.05) is 6.61 Å². The Morgan fingerprint density at radius 3 is 2.48 bits per heavy atom. The van der Waals surface area contributed by atoms with Crippen LogP contribution in [0.3, 0.4) is 0 Å². The van der Waals surface area contributed by atoms with Crippen molar-refractivity contribution in [1.82, 2.24) is 0 Å². The van der Waals surface area contributed by atoms with Crippen molar-refractivity contribution in [3.05, 3.63) is 34.9 Å². The molecule has 2 rings (SSSR count). The Morgan fingerprint density at radius 1 is 1.14 bits per heavy atom. The Bertz CT molecular complexity index is 445. The molecule has 118 valence electrons. The van der Waals surface area contributed by atoms with Gasteiger partial charge in [-0.3, -0.25) is 0 Å². The molecule has 0 spiro atoms. The van der Waals surface area contributed by atoms with Gasteiger partial charge >= 0.3 is 0 Å². The van der Waals surface area contributed by atoms with Crippen molar-refractivity contribution < 1.29 is 9.84 Å². The van der Waals surface area contributed by atoms with E-state index in [2.05, 4.69) is 45.9 Å². The van der Waals surface area contributed by atoms with E-state index >= 15 is 0 Å². The van der Waals surface area contributed by atoms with Gasteiger partial charge in [-0.15, -0.1) is 0 Å². The van der Waals surface area contributed by atoms with Gasteiger partial charge in [-0.05, 0) is 54.2 Å². The summed E-state index contributed by atoms with van der Waals surface area (Å²) in [5.74, 6) is 0.969. The lowest BCUT2D eigenvalue weighted by Crippen LogP contribution is -2.10. The Kier molecular flexibility index (Phi) is 5.83. The number of benzene rings is 1. The van der Waals surface area contributed by atoms with Crippen LogP contribution in [-0.2, 0) is 4.74 Å². The first-order chi connectivity index (χ1) is 9.99. The van der Waals surface area contributed by atoms with Crippen LogP contribution in [0.15, 0.2) is 18.2 Å². The maximum absolute atomic E-state index is 10.6. The molecule has 1 aliphatic heterocycles. The zero-order chi connectivity index (χ0) is 15.4. The molecule has 0 amide bonds. The second kappa shape index (κ2) is 7.42. The third-order valence-corrected chi connectivity index (χ3v) is 4.54. The van der Waals surface area contributed by atoms with Gasteiger partial charge in [0.05, 0.1) is 12.2 Å². The monoisotopic (exact) mass is 290 g/mol. The van der Waals surface area contributed by atoms with E-state index in [9.17, 15) is 5.11 Å². The molecule has 2 unspecified atom stereocenters. The van der Waals surface area contributed by atoms with E-state index in [0.29, 0.717) is 17.9 Å². The summed E-state index contributed by atoms with van der Waals surface area (Å²) in [5.41, 5.74) is 3.75. The Morgan fingerprint density at radius 2 is 1.90 bits per heavy atom. The first-order valence-electron chi connectivity index (χ1n) is 8.42. The molecule has 0 bridgehead atoms. The van der Waals surface area contributed by atoms with E-state index in [1.165, 1.54) is 17.5 Å². The summed E-state index contributed by atoms with van der Waals surface area (Å²) in [5, 5.41) is 10.6. The fourth-order valence-electron chi connectivity index (χ4n) is 3.13. The molecule has 1 aliphatic rings. The normalized spacial score (nSPS) is 20.4. The van der Waals surface area contributed by atoms with Crippen LogP contribution in [0.5, 0.6) is 0 Å². The number of hydrogen-bond acceptors (Lipinski definition) is 2. The van der Waals surface area contributed by atoms with Crippen LogP contribution < -0.4 is 0 Å². The van der Waals surface area contributed by atoms with E-state index in [1.54, 1.807) is 0 Å². The molecule has 0 saturated carbocycles. The maximum atomic E-state index is 10.6. The standard InChI is InChI=1S/C19H30O2/c1-13(2)15-7-9-17(18(12-15)14(3)4)19(20)10-8-16-6-5-11-21-16/h7,9,12-14,16,19-20H,5-6,8,10-11H2,1-4H3. The molecule has 2 atom stereocenters. The molecule has 21 heavy (non-hydrogen) atoms. The van der Waals surface area contributed by atoms with Gasteiger partial charge in [0, 0.05) is 6.61 Å². The minimum atomic E-state index is -0.368. The summed E-state index contributed by atoms with van der Waals surface area (Å²) in [4.78, 5) is 0. The van der Waals surface area contributed by atoms with Crippen LogP contribution in [0, 0.1) is 0 Å². The SMILES string of the molecule is CC(C)c1ccc(C(O)CCC2CCCO2)c(C(C)C)c1. The van der Waals surface area contributed by atoms with E-state index < -0.39 is 0 Å². The number of rotatable bonds is 6. The van der Waals surface area contributed by atoms with Gasteiger partial charge in [0.2, 0.25) is 0 Å². The lowest BCUT2D eigenvalue weighted by molar-refractivity contribution is 0.0809. The molecular weight excluding hydrogens is 260 g/mol. The molecule has 0 radical (unpaired) electrons. The first kappa shape index (κ1) is 16.5. The van der Waals surface area contributed by atoms with Crippen molar-refractivity contribution in [3.63, 3.8) is 0 Å². The molecule has 1 aromatic rings. The highest BCUT2D eigenvalue weighted by Crippen LogP contribution is 2.31. The van der Waals surface area contributed by atoms with Crippen molar-refractivity contribution in [1.29, 1.82) is 0 Å². The van der Waals surface area contributed by atoms with Crippen molar-refractivity contribution in [2.24, 2.45) is 0 Å². The smallest absolute Gasteiger partial charge is 0.0793 e. The van der Waals surface area contributed by atoms with Gasteiger partial charge in [0.15, 0.2) is 0 Å². The molecule has 0 aliphatic carbocycles. The minimum absolute atomic E-state index is 0.358. The predicted octanol–water partition coefficient (Wildman–Crippen LogP) is 4.93. The second-order valence-corrected chi connectivity index (χ2v) is 6.93. The van der Waals surface area contributed by atoms with Crippen LogP contribution in [-0.4, -0.2) is 17.8 Å². The predicted molar refractivity (Wildman–Crippen MR) is 87.8 cm³/mol. The summed E-state index contributed by atoms with van der Waals surface area (Å²) in [6.07, 6.45) is 4.07. The van der Waals surface area contributed by atoms with Crippen molar-refractivity contribution in [3.8, 4) is 0 Å². The van der Waals surface area contributed by atoms with Gasteiger partial charge in [-0.1, -0.05) is 45.9 Å². The van der Waals surface area contributed by atoms with Crippen molar-refractivity contribution >= 4 is 0 Å². The maximum Gasteiger partial charge on any atom is 0.0793 e. The lowest BCUT2D eigenvalue weighted by Gasteiger charge is -2.21. The molecule has 1 heterocycles. The zero-order valence-corrected chi connectivity index (χ0v) is 13.9. The highest BCUT2D eigenvalue weighted by atomic mass is 16.5. The molecule has 2 nitrogen and oxygen atoms in total. The highest BCUT2D eigenvalue weighted by molar-refractivity contribution is 5.37. The summed E-state index contributed by atoms with van der Waals surface area (Å²) < 4.78 is 5.66. The number of ether oxygens (including phenoxy) is 1. The number of aliphatic hydroxyl groups is 1. The average molecular weight is 290 g/mol. The summed E-state index contributed by atoms with van der Waals surface area (Å²) in [7, 11) is 0. The zero-order valence-electron chi connectivity index (χ0n) is 13.9. The average Bonchev–Trinajstić information content (AvgIpc) is 2.97. The molecule has 1 N–H and O–H groups in total. The van der Waals surface area contributed by atoms with E-state index in [-0.39, 0.29) is 6.10 Å². The second-order valence-electron chi connectivity index (χ2n) is 6.93. The largest absolute Gasteiger partial charge is 0.388 e. The van der Waals surface area contributed by atoms with Crippen LogP contribution in [0.2, 0.25) is 0 Å². The van der Waals surface area contributed by atoms with Gasteiger partial charge in [0.25, 0.3) is 0 Å². The lowest BCUT2D eigenvalue weighted by atomic mass is 9.88. The van der Waals surface area contributed by atoms with Crippen molar-refractivity contribution in [2.45, 2.75) is 77.4 Å². The van der Waals surface area contributed by atoms with E-state index in [0.717, 1.165) is 31.4 Å². The van der Waals surface area contributed by atoms with Crippen LogP contribution in [0.1, 0.15) is 88.0 Å². The van der Waals surface area contributed by atoms with Gasteiger partial charge < -0.3 is 9.84 Å². The molecule has 1 fully saturated rings. The highest BCUT2D eigenvalue weighted by Gasteiger charge is 2.20. The molecule has 2 heteroatoms. The Balaban J connectivity index is 2.09. The first-order valence-corrected chi connectivity index (χ1v) is 8.42. The van der Waals surface area contributed by atoms with Gasteiger partial charge in [-0.2, -0.15) is 0 Å². The minimum Gasteiger partial charge on any atom is -0.388 e. The Hall–Kier alpha value is -0.860. The fourth-order valence-corrected chi connectivity index (χ4v) is 3.13. The van der Waals surface area contributed by atoms with Crippen LogP contribution in [0.4, 0.5) is 0 Å². The molecule has 1 saturated heterocycles. The number of hydrogen-bond donors (Lipinski definition) is 1. The topological polar surface area (TPSA) is 29.5 Å². The van der Waals surface area contributed by atoms with E-state index in [1.807, 2.05) is 0 Å². The van der Waals surface area contributed by atoms with Crippen LogP contribution in [0.25, 0.3) is 0 Å². The third-order valence-electron chi connectivity index (χ3n) is 4.54. The fraction of sp³-hybridized carbons (Fsp3) is 0.684. The third kappa shape index (κ3) is 4.31. The summed E-state index contributed by atoms with van der Waals surface area (Å²) >= 11 is 0. The van der Waals surface area contributed by atoms with Crippen LogP contribution >= 0.6 is 0 Å². The summed E-state index contributed by atoms with van der Waals surface area (Å²) in [6, 6.07) is 6.58. The van der Waals surface area contributed by atoms with Gasteiger partial charge in [0.1, 0.15) is 0 Å². The molecular formula is C19H30O2. The number of aliphatic hydroxyl groups excluding tert-OH is 1. The molecule has 0 aromatic heterocycles. The quantitative estimate of drug-likeness (QED) is 0.805. The van der Waals surface area contributed by atoms with E-state index in [4.69, 9.17) is 4.74 Å². The van der Waals surface area contributed by atoms with Gasteiger partial charge in [-0.25, -0.2) is 0 Å².